The van der Waals surface area contributed by atoms with Crippen molar-refractivity contribution in [3.63, 3.8) is 0 Å². The van der Waals surface area contributed by atoms with Crippen LogP contribution in [-0.4, -0.2) is 208 Å². The average Bonchev–Trinajstić information content (AvgIpc) is 3.41. The maximum Gasteiger partial charge on any atom is 0.330 e. The molecule has 396 valence electrons. The molecule has 0 N–H and O–H groups in total. The fourth-order valence-electron chi connectivity index (χ4n) is 8.14. The monoisotopic (exact) mass is 1010 g/mol. The molecule has 0 saturated carbocycles. The average molecular weight is 1010 g/mol. The van der Waals surface area contributed by atoms with Gasteiger partial charge in [-0.15, -0.1) is 0 Å². The molecule has 2 saturated heterocycles. The number of likely N-dealkylation sites (N-methyl/N-ethyl adjacent to an activating group) is 1. The number of piperazine rings is 1. The highest BCUT2D eigenvalue weighted by Crippen LogP contribution is 2.30. The predicted octanol–water partition coefficient (Wildman–Crippen LogP) is 3.59. The Kier molecular flexibility index (Phi) is 25.8. The van der Waals surface area contributed by atoms with Crippen LogP contribution in [0.3, 0.4) is 0 Å². The van der Waals surface area contributed by atoms with Crippen LogP contribution in [0.15, 0.2) is 86.5 Å². The molecular weight excluding hydrogens is 933 g/mol. The van der Waals surface area contributed by atoms with Gasteiger partial charge in [0, 0.05) is 80.9 Å². The number of nitrogens with zero attached hydrogens (tertiary/aromatic N) is 4. The highest BCUT2D eigenvalue weighted by Gasteiger charge is 2.40. The van der Waals surface area contributed by atoms with Crippen molar-refractivity contribution >= 4 is 41.3 Å². The fraction of sp³-hybridized carbons (Fsp3) is 0.547. The lowest BCUT2D eigenvalue weighted by Crippen LogP contribution is -2.52. The van der Waals surface area contributed by atoms with E-state index < -0.39 is 28.9 Å². The minimum atomic E-state index is -0.936. The number of benzene rings is 2. The van der Waals surface area contributed by atoms with Gasteiger partial charge in [-0.1, -0.05) is 38.8 Å². The van der Waals surface area contributed by atoms with E-state index in [-0.39, 0.29) is 103 Å². The summed E-state index contributed by atoms with van der Waals surface area (Å²) in [5.74, 6) is -2.11. The Morgan fingerprint density at radius 1 is 0.611 bits per heavy atom. The van der Waals surface area contributed by atoms with Gasteiger partial charge in [-0.3, -0.25) is 24.2 Å². The lowest BCUT2D eigenvalue weighted by atomic mass is 9.80. The van der Waals surface area contributed by atoms with Crippen LogP contribution in [0.5, 0.6) is 0 Å². The van der Waals surface area contributed by atoms with Crippen molar-refractivity contribution in [2.75, 3.05) is 157 Å². The molecule has 72 heavy (non-hydrogen) atoms. The van der Waals surface area contributed by atoms with Gasteiger partial charge in [0.2, 0.25) is 0 Å². The molecule has 0 radical (unpaired) electrons. The first-order valence-electron chi connectivity index (χ1n) is 24.4. The molecule has 0 aliphatic carbocycles. The lowest BCUT2D eigenvalue weighted by molar-refractivity contribution is -0.149. The fourth-order valence-corrected chi connectivity index (χ4v) is 8.14. The minimum absolute atomic E-state index is 0.00477. The Labute approximate surface area is 423 Å². The first-order chi connectivity index (χ1) is 34.8. The van der Waals surface area contributed by atoms with E-state index in [1.807, 2.05) is 79.3 Å². The topological polar surface area (TPSA) is 198 Å². The number of anilines is 1. The van der Waals surface area contributed by atoms with E-state index in [0.29, 0.717) is 56.8 Å². The van der Waals surface area contributed by atoms with Gasteiger partial charge in [-0.05, 0) is 68.9 Å². The van der Waals surface area contributed by atoms with E-state index in [9.17, 15) is 28.8 Å². The summed E-state index contributed by atoms with van der Waals surface area (Å²) in [5.41, 5.74) is 1.54. The number of carbonyl (C=O) groups is 6. The normalized spacial score (nSPS) is 15.0. The van der Waals surface area contributed by atoms with Crippen LogP contribution in [0.25, 0.3) is 0 Å². The second-order valence-electron chi connectivity index (χ2n) is 17.6. The third-order valence-corrected chi connectivity index (χ3v) is 12.4. The zero-order valence-corrected chi connectivity index (χ0v) is 42.4. The molecule has 2 fully saturated rings. The number of carbonyl (C=O) groups excluding carboxylic acids is 6. The van der Waals surface area contributed by atoms with Gasteiger partial charge >= 0.3 is 23.9 Å². The maximum atomic E-state index is 14.3. The molecule has 19 heteroatoms. The first-order valence-corrected chi connectivity index (χ1v) is 24.4. The SMILES string of the molecule is C=CC(=O)OCCOCC(COCCOC(=O)C=C)(COCCOC(=O)C=C)COCCOC(=O)CCN1CCN(c2ccc(C(=O)C(CC)(Cc3ccc(C(=O)N4CCOCC4)cc3)N(C)C)cc2)CC1. The Bertz CT molecular complexity index is 1980. The summed E-state index contributed by atoms with van der Waals surface area (Å²) in [6, 6.07) is 15.4. The van der Waals surface area contributed by atoms with Gasteiger partial charge in [0.05, 0.1) is 83.4 Å². The number of rotatable bonds is 34. The predicted molar refractivity (Wildman–Crippen MR) is 268 cm³/mol. The zero-order valence-electron chi connectivity index (χ0n) is 42.4. The smallest absolute Gasteiger partial charge is 0.330 e. The molecule has 2 aromatic rings. The van der Waals surface area contributed by atoms with Crippen LogP contribution in [0.2, 0.25) is 0 Å². The quantitative estimate of drug-likeness (QED) is 0.0324. The van der Waals surface area contributed by atoms with Crippen LogP contribution in [0.1, 0.15) is 46.0 Å². The third-order valence-electron chi connectivity index (χ3n) is 12.4. The maximum absolute atomic E-state index is 14.3. The number of Topliss-reactive ketones (excluding diaryl/α,β-unsaturated/α-hetero) is 1. The summed E-state index contributed by atoms with van der Waals surface area (Å²) in [7, 11) is 3.88. The highest BCUT2D eigenvalue weighted by molar-refractivity contribution is 6.03. The summed E-state index contributed by atoms with van der Waals surface area (Å²) < 4.78 is 49.4. The lowest BCUT2D eigenvalue weighted by Gasteiger charge is -2.38. The number of ketones is 1. The van der Waals surface area contributed by atoms with E-state index in [0.717, 1.165) is 55.7 Å². The summed E-state index contributed by atoms with van der Waals surface area (Å²) >= 11 is 0. The Morgan fingerprint density at radius 3 is 1.51 bits per heavy atom. The summed E-state index contributed by atoms with van der Waals surface area (Å²) in [5, 5.41) is 0. The second kappa shape index (κ2) is 31.6. The molecule has 1 atom stereocenters. The highest BCUT2D eigenvalue weighted by atomic mass is 16.6. The third kappa shape index (κ3) is 19.3. The Hall–Kier alpha value is -5.80. The van der Waals surface area contributed by atoms with Crippen molar-refractivity contribution in [1.82, 2.24) is 14.7 Å². The zero-order chi connectivity index (χ0) is 52.2. The van der Waals surface area contributed by atoms with Gasteiger partial charge in [-0.2, -0.15) is 0 Å². The molecule has 0 aromatic heterocycles. The number of morpholine rings is 1. The van der Waals surface area contributed by atoms with Gasteiger partial charge in [0.1, 0.15) is 26.4 Å². The van der Waals surface area contributed by atoms with Gasteiger partial charge in [0.25, 0.3) is 5.91 Å². The Morgan fingerprint density at radius 2 is 1.07 bits per heavy atom. The van der Waals surface area contributed by atoms with Crippen molar-refractivity contribution in [2.45, 2.75) is 31.7 Å². The van der Waals surface area contributed by atoms with Crippen molar-refractivity contribution in [3.8, 4) is 0 Å². The second-order valence-corrected chi connectivity index (χ2v) is 17.6. The number of hydrogen-bond acceptors (Lipinski definition) is 18. The molecular formula is C53H74N4O15. The van der Waals surface area contributed by atoms with Gasteiger partial charge in [-0.25, -0.2) is 14.4 Å². The first kappa shape index (κ1) is 58.8. The standard InChI is InChI=1S/C53H74N4O15/c1-7-46(58)69-33-29-65-38-52(39-66-30-34-70-47(59)8-2,40-67-31-35-71-48(60)9-3)41-68-32-36-72-49(61)19-20-55-21-23-56(24-22-55)45-17-15-43(16-18-45)50(62)53(10-4,54(5)6)37-42-11-13-44(14-12-42)51(63)57-25-27-64-28-26-57/h7-9,11-18H,1-3,10,19-41H2,4-6H3. The summed E-state index contributed by atoms with van der Waals surface area (Å²) in [6.07, 6.45) is 4.43. The molecule has 19 nitrogen and oxygen atoms in total. The number of ether oxygens (including phenoxy) is 9. The van der Waals surface area contributed by atoms with Crippen LogP contribution in [0.4, 0.5) is 5.69 Å². The van der Waals surface area contributed by atoms with E-state index in [1.165, 1.54) is 0 Å². The van der Waals surface area contributed by atoms with Crippen LogP contribution in [-0.2, 0) is 68.2 Å². The van der Waals surface area contributed by atoms with Crippen LogP contribution in [0, 0.1) is 5.41 Å². The van der Waals surface area contributed by atoms with E-state index >= 15 is 0 Å². The van der Waals surface area contributed by atoms with E-state index in [2.05, 4.69) is 29.5 Å². The number of hydrogen-bond donors (Lipinski definition) is 0. The molecule has 0 spiro atoms. The summed E-state index contributed by atoms with van der Waals surface area (Å²) in [4.78, 5) is 82.9. The summed E-state index contributed by atoms with van der Waals surface area (Å²) in [6.45, 7) is 18.2. The van der Waals surface area contributed by atoms with Crippen molar-refractivity contribution < 1.29 is 71.4 Å². The minimum Gasteiger partial charge on any atom is -0.463 e. The van der Waals surface area contributed by atoms with Crippen molar-refractivity contribution in [1.29, 1.82) is 0 Å². The molecule has 2 aliphatic heterocycles. The van der Waals surface area contributed by atoms with Crippen LogP contribution >= 0.6 is 0 Å². The molecule has 0 bridgehead atoms. The van der Waals surface area contributed by atoms with Gasteiger partial charge < -0.3 is 52.4 Å². The number of esters is 4. The Balaban J connectivity index is 1.23. The number of amides is 1. The van der Waals surface area contributed by atoms with Crippen molar-refractivity contribution in [3.05, 3.63) is 103 Å². The molecule has 1 unspecified atom stereocenters. The largest absolute Gasteiger partial charge is 0.463 e. The van der Waals surface area contributed by atoms with E-state index in [4.69, 9.17) is 42.6 Å². The van der Waals surface area contributed by atoms with Crippen molar-refractivity contribution in [2.24, 2.45) is 5.41 Å². The van der Waals surface area contributed by atoms with Crippen LogP contribution < -0.4 is 4.90 Å². The van der Waals surface area contributed by atoms with Gasteiger partial charge in [0.15, 0.2) is 5.78 Å². The molecule has 4 rings (SSSR count). The van der Waals surface area contributed by atoms with E-state index in [1.54, 1.807) is 0 Å². The molecule has 1 amide bonds. The molecule has 2 heterocycles. The molecule has 2 aliphatic rings. The molecule has 2 aromatic carbocycles.